The molecule has 3 heterocycles. The van der Waals surface area contributed by atoms with Crippen LogP contribution in [0.1, 0.15) is 11.4 Å². The van der Waals surface area contributed by atoms with Crippen molar-refractivity contribution in [1.29, 1.82) is 5.26 Å². The second-order valence-corrected chi connectivity index (χ2v) is 4.63. The first-order valence-corrected chi connectivity index (χ1v) is 5.98. The first-order valence-electron chi connectivity index (χ1n) is 5.98. The van der Waals surface area contributed by atoms with E-state index in [0.717, 1.165) is 5.69 Å². The Balaban J connectivity index is 1.86. The highest BCUT2D eigenvalue weighted by atomic mass is 16.6. The van der Waals surface area contributed by atoms with Gasteiger partial charge >= 0.3 is 0 Å². The first-order chi connectivity index (χ1) is 8.74. The van der Waals surface area contributed by atoms with Crippen molar-refractivity contribution in [2.75, 3.05) is 31.2 Å². The van der Waals surface area contributed by atoms with Gasteiger partial charge in [0.1, 0.15) is 11.8 Å². The Kier molecular flexibility index (Phi) is 2.86. The minimum atomic E-state index is 0.0761. The van der Waals surface area contributed by atoms with E-state index in [4.69, 9.17) is 14.7 Å². The number of nitriles is 1. The zero-order valence-electron chi connectivity index (χ0n) is 10.2. The summed E-state index contributed by atoms with van der Waals surface area (Å²) >= 11 is 0. The Hall–Kier alpha value is -1.71. The van der Waals surface area contributed by atoms with Crippen molar-refractivity contribution in [3.05, 3.63) is 17.5 Å². The quantitative estimate of drug-likeness (QED) is 0.708. The van der Waals surface area contributed by atoms with Gasteiger partial charge in [-0.05, 0) is 13.0 Å². The summed E-state index contributed by atoms with van der Waals surface area (Å²) in [6, 6.07) is 3.75. The zero-order chi connectivity index (χ0) is 12.5. The molecule has 2 bridgehead atoms. The molecule has 2 atom stereocenters. The smallest absolute Gasteiger partial charge is 0.226 e. The predicted octanol–water partition coefficient (Wildman–Crippen LogP) is 0.261. The molecule has 0 aromatic carbocycles. The number of rotatable bonds is 1. The molecule has 2 aliphatic heterocycles. The monoisotopic (exact) mass is 246 g/mol. The lowest BCUT2D eigenvalue weighted by atomic mass is 10.2. The number of ether oxygens (including phenoxy) is 2. The SMILES string of the molecule is Cc1cc(C#N)nc(N2CC3COCC(C2)O3)n1. The summed E-state index contributed by atoms with van der Waals surface area (Å²) in [7, 11) is 0. The molecule has 1 aromatic rings. The van der Waals surface area contributed by atoms with Gasteiger partial charge in [-0.1, -0.05) is 0 Å². The van der Waals surface area contributed by atoms with E-state index in [1.54, 1.807) is 6.07 Å². The van der Waals surface area contributed by atoms with E-state index in [-0.39, 0.29) is 12.2 Å². The van der Waals surface area contributed by atoms with Crippen LogP contribution < -0.4 is 4.90 Å². The van der Waals surface area contributed by atoms with Crippen molar-refractivity contribution in [1.82, 2.24) is 9.97 Å². The molecule has 0 aliphatic carbocycles. The highest BCUT2D eigenvalue weighted by Crippen LogP contribution is 2.21. The van der Waals surface area contributed by atoms with Gasteiger partial charge in [0, 0.05) is 18.8 Å². The molecule has 0 N–H and O–H groups in total. The van der Waals surface area contributed by atoms with Crippen LogP contribution in [0.3, 0.4) is 0 Å². The second-order valence-electron chi connectivity index (χ2n) is 4.63. The predicted molar refractivity (Wildman–Crippen MR) is 63.2 cm³/mol. The normalized spacial score (nSPS) is 26.8. The fourth-order valence-corrected chi connectivity index (χ4v) is 2.35. The van der Waals surface area contributed by atoms with Gasteiger partial charge in [0.25, 0.3) is 0 Å². The third-order valence-corrected chi connectivity index (χ3v) is 3.08. The van der Waals surface area contributed by atoms with Crippen molar-refractivity contribution in [2.45, 2.75) is 19.1 Å². The molecule has 6 nitrogen and oxygen atoms in total. The van der Waals surface area contributed by atoms with E-state index >= 15 is 0 Å². The van der Waals surface area contributed by atoms with Crippen molar-refractivity contribution < 1.29 is 9.47 Å². The molecule has 2 fully saturated rings. The number of fused-ring (bicyclic) bond motifs is 2. The third kappa shape index (κ3) is 2.15. The summed E-state index contributed by atoms with van der Waals surface area (Å²) in [5, 5.41) is 8.94. The van der Waals surface area contributed by atoms with Crippen LogP contribution in [0, 0.1) is 18.3 Å². The van der Waals surface area contributed by atoms with E-state index in [1.807, 2.05) is 6.92 Å². The van der Waals surface area contributed by atoms with Gasteiger partial charge in [0.2, 0.25) is 5.95 Å². The lowest BCUT2D eigenvalue weighted by molar-refractivity contribution is -0.144. The molecule has 3 rings (SSSR count). The molecular weight excluding hydrogens is 232 g/mol. The molecule has 94 valence electrons. The van der Waals surface area contributed by atoms with Crippen molar-refractivity contribution >= 4 is 5.95 Å². The van der Waals surface area contributed by atoms with Gasteiger partial charge in [0.05, 0.1) is 25.4 Å². The standard InChI is InChI=1S/C12H14N4O2/c1-8-2-9(3-13)15-12(14-8)16-4-10-6-17-7-11(5-16)18-10/h2,10-11H,4-7H2,1H3. The molecule has 2 unspecified atom stereocenters. The molecule has 0 amide bonds. The number of aromatic nitrogens is 2. The number of nitrogens with zero attached hydrogens (tertiary/aromatic N) is 4. The Morgan fingerprint density at radius 3 is 2.72 bits per heavy atom. The molecule has 1 aromatic heterocycles. The number of anilines is 1. The second kappa shape index (κ2) is 4.52. The van der Waals surface area contributed by atoms with Gasteiger partial charge < -0.3 is 14.4 Å². The lowest BCUT2D eigenvalue weighted by Crippen LogP contribution is -2.54. The fourth-order valence-electron chi connectivity index (χ4n) is 2.35. The van der Waals surface area contributed by atoms with Gasteiger partial charge in [-0.2, -0.15) is 5.26 Å². The average Bonchev–Trinajstić information content (AvgIpc) is 2.37. The van der Waals surface area contributed by atoms with Gasteiger partial charge in [-0.25, -0.2) is 9.97 Å². The van der Waals surface area contributed by atoms with E-state index < -0.39 is 0 Å². The Labute approximate surface area is 105 Å². The Bertz CT molecular complexity index is 487. The summed E-state index contributed by atoms with van der Waals surface area (Å²) in [5.41, 5.74) is 1.22. The van der Waals surface area contributed by atoms with E-state index in [2.05, 4.69) is 20.9 Å². The van der Waals surface area contributed by atoms with Crippen LogP contribution in [0.2, 0.25) is 0 Å². The molecule has 0 radical (unpaired) electrons. The zero-order valence-corrected chi connectivity index (χ0v) is 10.2. The topological polar surface area (TPSA) is 71.3 Å². The lowest BCUT2D eigenvalue weighted by Gasteiger charge is -2.41. The fraction of sp³-hybridized carbons (Fsp3) is 0.583. The summed E-state index contributed by atoms with van der Waals surface area (Å²) in [6.07, 6.45) is 0.152. The number of morpholine rings is 1. The van der Waals surface area contributed by atoms with Gasteiger partial charge in [-0.15, -0.1) is 0 Å². The summed E-state index contributed by atoms with van der Waals surface area (Å²) in [5.74, 6) is 0.617. The molecule has 0 spiro atoms. The summed E-state index contributed by atoms with van der Waals surface area (Å²) < 4.78 is 11.2. The largest absolute Gasteiger partial charge is 0.376 e. The molecule has 18 heavy (non-hydrogen) atoms. The maximum atomic E-state index is 8.94. The van der Waals surface area contributed by atoms with E-state index in [9.17, 15) is 0 Å². The molecule has 6 heteroatoms. The van der Waals surface area contributed by atoms with Crippen LogP contribution in [0.4, 0.5) is 5.95 Å². The van der Waals surface area contributed by atoms with Crippen LogP contribution in [-0.4, -0.2) is 48.5 Å². The molecule has 2 aliphatic rings. The van der Waals surface area contributed by atoms with Gasteiger partial charge in [0.15, 0.2) is 0 Å². The Morgan fingerprint density at radius 2 is 2.06 bits per heavy atom. The third-order valence-electron chi connectivity index (χ3n) is 3.08. The van der Waals surface area contributed by atoms with Gasteiger partial charge in [-0.3, -0.25) is 0 Å². The Morgan fingerprint density at radius 1 is 1.33 bits per heavy atom. The van der Waals surface area contributed by atoms with E-state index in [1.165, 1.54) is 0 Å². The van der Waals surface area contributed by atoms with Crippen molar-refractivity contribution in [3.8, 4) is 6.07 Å². The van der Waals surface area contributed by atoms with E-state index in [0.29, 0.717) is 37.9 Å². The minimum absolute atomic E-state index is 0.0761. The number of hydrogen-bond donors (Lipinski definition) is 0. The van der Waals surface area contributed by atoms with Crippen molar-refractivity contribution in [2.24, 2.45) is 0 Å². The highest BCUT2D eigenvalue weighted by Gasteiger charge is 2.33. The van der Waals surface area contributed by atoms with Crippen LogP contribution in [-0.2, 0) is 9.47 Å². The van der Waals surface area contributed by atoms with Crippen LogP contribution in [0.15, 0.2) is 6.07 Å². The maximum Gasteiger partial charge on any atom is 0.226 e. The van der Waals surface area contributed by atoms with Crippen LogP contribution in [0.5, 0.6) is 0 Å². The summed E-state index contributed by atoms with van der Waals surface area (Å²) in [6.45, 7) is 4.53. The van der Waals surface area contributed by atoms with Crippen LogP contribution >= 0.6 is 0 Å². The first kappa shape index (κ1) is 11.4. The molecule has 2 saturated heterocycles. The minimum Gasteiger partial charge on any atom is -0.376 e. The maximum absolute atomic E-state index is 8.94. The molecule has 0 saturated carbocycles. The summed E-state index contributed by atoms with van der Waals surface area (Å²) in [4.78, 5) is 10.7. The number of hydrogen-bond acceptors (Lipinski definition) is 6. The molecular formula is C12H14N4O2. The average molecular weight is 246 g/mol. The van der Waals surface area contributed by atoms with Crippen LogP contribution in [0.25, 0.3) is 0 Å². The van der Waals surface area contributed by atoms with Crippen molar-refractivity contribution in [3.63, 3.8) is 0 Å². The highest BCUT2D eigenvalue weighted by molar-refractivity contribution is 5.37. The number of aryl methyl sites for hydroxylation is 1.